The Hall–Kier alpha value is -3.39. The predicted molar refractivity (Wildman–Crippen MR) is 177 cm³/mol. The number of nitrogens with one attached hydrogen (secondary N) is 4. The maximum absolute atomic E-state index is 13.6. The largest absolute Gasteiger partial charge is 0.351 e. The summed E-state index contributed by atoms with van der Waals surface area (Å²) < 4.78 is 0. The third-order valence-electron chi connectivity index (χ3n) is 7.83. The van der Waals surface area contributed by atoms with Gasteiger partial charge in [-0.3, -0.25) is 19.2 Å². The SMILES string of the molecule is CC(C)[C@@H]1NC(=O)c2csc(n2)C(Cc2ccccc2)NC(=O)CN(C(=O)[C@H]2CCCNC2)CCCNC(=O)c2csc1n2.Cl. The smallest absolute Gasteiger partial charge is 0.271 e. The highest BCUT2D eigenvalue weighted by atomic mass is 35.5. The van der Waals surface area contributed by atoms with Crippen molar-refractivity contribution >= 4 is 58.7 Å². The average molecular weight is 674 g/mol. The molecule has 242 valence electrons. The molecule has 1 unspecified atom stereocenters. The van der Waals surface area contributed by atoms with Crippen LogP contribution in [0.2, 0.25) is 0 Å². The molecule has 2 aliphatic rings. The lowest BCUT2D eigenvalue weighted by atomic mass is 9.98. The van der Waals surface area contributed by atoms with E-state index in [1.807, 2.05) is 44.2 Å². The lowest BCUT2D eigenvalue weighted by Crippen LogP contribution is -2.48. The van der Waals surface area contributed by atoms with E-state index in [0.717, 1.165) is 24.9 Å². The molecule has 11 nitrogen and oxygen atoms in total. The lowest BCUT2D eigenvalue weighted by molar-refractivity contribution is -0.140. The summed E-state index contributed by atoms with van der Waals surface area (Å²) in [6.07, 6.45) is 2.63. The molecular formula is C31H40ClN7O4S2. The number of nitrogens with zero attached hydrogens (tertiary/aromatic N) is 3. The molecule has 4 N–H and O–H groups in total. The summed E-state index contributed by atoms with van der Waals surface area (Å²) in [6, 6.07) is 8.88. The van der Waals surface area contributed by atoms with Crippen molar-refractivity contribution in [2.24, 2.45) is 11.8 Å². The Labute approximate surface area is 277 Å². The Morgan fingerprint density at radius 2 is 1.67 bits per heavy atom. The van der Waals surface area contributed by atoms with Gasteiger partial charge in [-0.2, -0.15) is 0 Å². The van der Waals surface area contributed by atoms with Gasteiger partial charge in [0.15, 0.2) is 0 Å². The maximum atomic E-state index is 13.6. The number of halogens is 1. The Kier molecular flexibility index (Phi) is 12.5. The second-order valence-electron chi connectivity index (χ2n) is 11.6. The van der Waals surface area contributed by atoms with Gasteiger partial charge in [-0.1, -0.05) is 44.2 Å². The number of hydrogen-bond donors (Lipinski definition) is 4. The summed E-state index contributed by atoms with van der Waals surface area (Å²) in [5, 5.41) is 16.9. The molecule has 2 aromatic heterocycles. The molecule has 3 atom stereocenters. The van der Waals surface area contributed by atoms with E-state index in [2.05, 4.69) is 31.2 Å². The summed E-state index contributed by atoms with van der Waals surface area (Å²) in [5.74, 6) is -1.23. The summed E-state index contributed by atoms with van der Waals surface area (Å²) in [6.45, 7) is 5.95. The normalized spacial score (nSPS) is 21.8. The van der Waals surface area contributed by atoms with Crippen LogP contribution in [0.15, 0.2) is 41.1 Å². The van der Waals surface area contributed by atoms with E-state index >= 15 is 0 Å². The zero-order valence-electron chi connectivity index (χ0n) is 25.4. The number of carbonyl (C=O) groups excluding carboxylic acids is 4. The molecule has 4 bridgehead atoms. The fourth-order valence-electron chi connectivity index (χ4n) is 5.43. The van der Waals surface area contributed by atoms with E-state index < -0.39 is 12.1 Å². The highest BCUT2D eigenvalue weighted by Gasteiger charge is 2.30. The molecule has 0 spiro atoms. The second-order valence-corrected chi connectivity index (χ2v) is 13.3. The topological polar surface area (TPSA) is 145 Å². The van der Waals surface area contributed by atoms with E-state index in [1.54, 1.807) is 15.7 Å². The third-order valence-corrected chi connectivity index (χ3v) is 9.71. The number of rotatable bonds is 4. The van der Waals surface area contributed by atoms with Crippen molar-refractivity contribution in [3.8, 4) is 0 Å². The number of piperidine rings is 1. The first-order valence-electron chi connectivity index (χ1n) is 15.1. The minimum Gasteiger partial charge on any atom is -0.351 e. The van der Waals surface area contributed by atoms with Gasteiger partial charge in [-0.25, -0.2) is 9.97 Å². The Morgan fingerprint density at radius 3 is 2.38 bits per heavy atom. The van der Waals surface area contributed by atoms with Gasteiger partial charge >= 0.3 is 0 Å². The minimum absolute atomic E-state index is 0. The van der Waals surface area contributed by atoms with Gasteiger partial charge in [-0.15, -0.1) is 35.1 Å². The molecule has 1 aromatic carbocycles. The van der Waals surface area contributed by atoms with E-state index in [9.17, 15) is 19.2 Å². The monoisotopic (exact) mass is 673 g/mol. The van der Waals surface area contributed by atoms with Crippen molar-refractivity contribution in [2.75, 3.05) is 32.7 Å². The summed E-state index contributed by atoms with van der Waals surface area (Å²) in [5.41, 5.74) is 1.54. The van der Waals surface area contributed by atoms with Gasteiger partial charge in [0.25, 0.3) is 11.8 Å². The van der Waals surface area contributed by atoms with Crippen molar-refractivity contribution in [3.63, 3.8) is 0 Å². The molecule has 45 heavy (non-hydrogen) atoms. The van der Waals surface area contributed by atoms with Gasteiger partial charge in [0.05, 0.1) is 24.5 Å². The minimum atomic E-state index is -0.492. The molecule has 14 heteroatoms. The van der Waals surface area contributed by atoms with Crippen LogP contribution < -0.4 is 21.3 Å². The lowest BCUT2D eigenvalue weighted by Gasteiger charge is -2.30. The highest BCUT2D eigenvalue weighted by molar-refractivity contribution is 7.10. The van der Waals surface area contributed by atoms with Gasteiger partial charge in [0, 0.05) is 30.4 Å². The quantitative estimate of drug-likeness (QED) is 0.332. The van der Waals surface area contributed by atoms with Crippen LogP contribution in [-0.2, 0) is 16.0 Å². The molecule has 1 fully saturated rings. The first-order valence-corrected chi connectivity index (χ1v) is 16.9. The highest BCUT2D eigenvalue weighted by Crippen LogP contribution is 2.27. The molecule has 5 rings (SSSR count). The second kappa shape index (κ2) is 16.3. The van der Waals surface area contributed by atoms with Gasteiger partial charge in [0.2, 0.25) is 11.8 Å². The van der Waals surface area contributed by atoms with Crippen molar-refractivity contribution in [1.29, 1.82) is 0 Å². The summed E-state index contributed by atoms with van der Waals surface area (Å²) in [4.78, 5) is 64.2. The Morgan fingerprint density at radius 1 is 0.956 bits per heavy atom. The first kappa shape index (κ1) is 34.5. The van der Waals surface area contributed by atoms with E-state index in [0.29, 0.717) is 42.5 Å². The van der Waals surface area contributed by atoms with Gasteiger partial charge < -0.3 is 26.2 Å². The molecule has 3 aromatic rings. The molecular weight excluding hydrogens is 634 g/mol. The number of carbonyl (C=O) groups is 4. The maximum Gasteiger partial charge on any atom is 0.271 e. The third kappa shape index (κ3) is 9.09. The van der Waals surface area contributed by atoms with Crippen LogP contribution in [0.1, 0.15) is 81.7 Å². The molecule has 4 heterocycles. The molecule has 4 amide bonds. The predicted octanol–water partition coefficient (Wildman–Crippen LogP) is 3.51. The number of amides is 4. The molecule has 2 aliphatic heterocycles. The molecule has 0 saturated carbocycles. The molecule has 0 aliphatic carbocycles. The fraction of sp³-hybridized carbons (Fsp3) is 0.484. The van der Waals surface area contributed by atoms with Crippen molar-refractivity contribution < 1.29 is 19.2 Å². The van der Waals surface area contributed by atoms with E-state index in [-0.39, 0.29) is 65.8 Å². The van der Waals surface area contributed by atoms with Crippen molar-refractivity contribution in [2.45, 2.75) is 51.6 Å². The van der Waals surface area contributed by atoms with Crippen LogP contribution in [-0.4, -0.2) is 71.2 Å². The Balaban J connectivity index is 0.00000461. The van der Waals surface area contributed by atoms with Crippen LogP contribution in [0.5, 0.6) is 0 Å². The number of thiazole rings is 2. The van der Waals surface area contributed by atoms with E-state index in [1.165, 1.54) is 22.7 Å². The zero-order chi connectivity index (χ0) is 31.1. The number of aromatic nitrogens is 2. The van der Waals surface area contributed by atoms with Gasteiger partial charge in [0.1, 0.15) is 21.4 Å². The van der Waals surface area contributed by atoms with Crippen molar-refractivity contribution in [3.05, 3.63) is 68.1 Å². The molecule has 1 saturated heterocycles. The fourth-order valence-corrected chi connectivity index (χ4v) is 7.30. The van der Waals surface area contributed by atoms with E-state index in [4.69, 9.17) is 0 Å². The first-order chi connectivity index (χ1) is 21.3. The van der Waals surface area contributed by atoms with Crippen LogP contribution in [0, 0.1) is 11.8 Å². The number of benzene rings is 1. The van der Waals surface area contributed by atoms with Crippen LogP contribution in [0.4, 0.5) is 0 Å². The van der Waals surface area contributed by atoms with Crippen LogP contribution in [0.3, 0.4) is 0 Å². The van der Waals surface area contributed by atoms with Crippen LogP contribution >= 0.6 is 35.1 Å². The molecule has 0 radical (unpaired) electrons. The van der Waals surface area contributed by atoms with Crippen LogP contribution in [0.25, 0.3) is 0 Å². The number of hydrogen-bond acceptors (Lipinski definition) is 9. The average Bonchev–Trinajstić information content (AvgIpc) is 3.72. The summed E-state index contributed by atoms with van der Waals surface area (Å²) >= 11 is 2.64. The zero-order valence-corrected chi connectivity index (χ0v) is 27.9. The summed E-state index contributed by atoms with van der Waals surface area (Å²) in [7, 11) is 0. The van der Waals surface area contributed by atoms with Crippen molar-refractivity contribution in [1.82, 2.24) is 36.1 Å². The number of fused-ring (bicyclic) bond motifs is 4. The Bertz CT molecular complexity index is 1460. The standard InChI is InChI=1S/C31H39N7O4S2.ClH/c1-19(2)26-30-36-23(17-44-30)27(40)33-12-7-13-38(31(42)21-10-6-11-32-15-21)16-25(39)34-22(14-20-8-4-3-5-9-20)29-35-24(18-43-29)28(41)37-26;/h3-5,8-9,17-19,21-22,26,32H,6-7,10-16H2,1-2H3,(H,33,40)(H,34,39)(H,37,41);1H/t21-,22?,26-;/m0./s1. The van der Waals surface area contributed by atoms with Gasteiger partial charge in [-0.05, 0) is 43.7 Å².